The van der Waals surface area contributed by atoms with Crippen LogP contribution in [0.5, 0.6) is 0 Å². The summed E-state index contributed by atoms with van der Waals surface area (Å²) >= 11 is 0. The second-order valence-corrected chi connectivity index (χ2v) is 17.8. The Kier molecular flexibility index (Phi) is 9.80. The second-order valence-electron chi connectivity index (χ2n) is 17.8. The number of anilines is 1. The molecular formula is C45H53N9O4. The van der Waals surface area contributed by atoms with Crippen LogP contribution in [0, 0.1) is 16.7 Å². The zero-order chi connectivity index (χ0) is 40.2. The maximum Gasteiger partial charge on any atom is 0.309 e. The maximum atomic E-state index is 13.1. The van der Waals surface area contributed by atoms with E-state index in [-0.39, 0.29) is 29.3 Å². The minimum Gasteiger partial charge on any atom is -0.461 e. The van der Waals surface area contributed by atoms with Crippen LogP contribution in [0.4, 0.5) is 5.69 Å². The van der Waals surface area contributed by atoms with Gasteiger partial charge in [0, 0.05) is 65.5 Å². The number of ether oxygens (including phenoxy) is 1. The molecule has 0 atom stereocenters. The molecule has 13 heteroatoms. The first kappa shape index (κ1) is 38.0. The Morgan fingerprint density at radius 2 is 1.21 bits per heavy atom. The number of fused-ring (bicyclic) bond motifs is 2. The van der Waals surface area contributed by atoms with E-state index in [4.69, 9.17) is 33.9 Å². The van der Waals surface area contributed by atoms with Gasteiger partial charge in [-0.05, 0) is 106 Å². The molecule has 0 saturated carbocycles. The molecule has 5 heterocycles. The van der Waals surface area contributed by atoms with E-state index >= 15 is 0 Å². The van der Waals surface area contributed by atoms with E-state index in [1.54, 1.807) is 0 Å². The summed E-state index contributed by atoms with van der Waals surface area (Å²) < 4.78 is 21.5. The predicted molar refractivity (Wildman–Crippen MR) is 220 cm³/mol. The molecule has 1 saturated heterocycles. The summed E-state index contributed by atoms with van der Waals surface area (Å²) in [6.07, 6.45) is 7.58. The van der Waals surface area contributed by atoms with Crippen LogP contribution in [-0.4, -0.2) is 58.9 Å². The van der Waals surface area contributed by atoms with Gasteiger partial charge in [-0.1, -0.05) is 62.3 Å². The summed E-state index contributed by atoms with van der Waals surface area (Å²) in [6, 6.07) is 16.0. The first-order chi connectivity index (χ1) is 28.0. The molecule has 302 valence electrons. The summed E-state index contributed by atoms with van der Waals surface area (Å²) in [4.78, 5) is 24.9. The number of hydrogen-bond donors (Lipinski definition) is 0. The molecule has 1 aliphatic heterocycles. The van der Waals surface area contributed by atoms with E-state index in [0.29, 0.717) is 23.4 Å². The number of carbonyl (C=O) groups excluding carboxylic acids is 1. The lowest BCUT2D eigenvalue weighted by atomic mass is 9.76. The second kappa shape index (κ2) is 15.0. The Morgan fingerprint density at radius 3 is 1.69 bits per heavy atom. The van der Waals surface area contributed by atoms with Crippen molar-refractivity contribution in [3.8, 4) is 45.9 Å². The summed E-state index contributed by atoms with van der Waals surface area (Å²) in [7, 11) is 0. The topological polar surface area (TPSA) is 143 Å². The van der Waals surface area contributed by atoms with Crippen molar-refractivity contribution in [3.05, 3.63) is 76.6 Å². The van der Waals surface area contributed by atoms with Crippen LogP contribution in [-0.2, 0) is 54.9 Å². The van der Waals surface area contributed by atoms with Crippen LogP contribution >= 0.6 is 0 Å². The number of rotatable bonds is 10. The van der Waals surface area contributed by atoms with Crippen LogP contribution in [0.25, 0.3) is 45.9 Å². The van der Waals surface area contributed by atoms with Gasteiger partial charge in [0.1, 0.15) is 6.61 Å². The quantitative estimate of drug-likeness (QED) is 0.123. The average Bonchev–Trinajstić information content (AvgIpc) is 4.05. The van der Waals surface area contributed by atoms with Crippen LogP contribution in [0.3, 0.4) is 0 Å². The van der Waals surface area contributed by atoms with Gasteiger partial charge in [-0.2, -0.15) is 20.2 Å². The molecule has 3 aliphatic rings. The highest BCUT2D eigenvalue weighted by Crippen LogP contribution is 2.41. The summed E-state index contributed by atoms with van der Waals surface area (Å²) in [5.74, 6) is 1.71. The van der Waals surface area contributed by atoms with E-state index in [2.05, 4.69) is 78.3 Å². The van der Waals surface area contributed by atoms with Gasteiger partial charge >= 0.3 is 5.97 Å². The first-order valence-corrected chi connectivity index (χ1v) is 20.9. The van der Waals surface area contributed by atoms with Crippen molar-refractivity contribution >= 4 is 11.7 Å². The molecule has 0 unspecified atom stereocenters. The van der Waals surface area contributed by atoms with Crippen LogP contribution in [0.1, 0.15) is 95.3 Å². The fourth-order valence-corrected chi connectivity index (χ4v) is 8.96. The maximum absolute atomic E-state index is 13.1. The lowest BCUT2D eigenvalue weighted by Crippen LogP contribution is -2.36. The zero-order valence-electron chi connectivity index (χ0n) is 34.5. The summed E-state index contributed by atoms with van der Waals surface area (Å²) in [6.45, 7) is 16.9. The highest BCUT2D eigenvalue weighted by molar-refractivity contribution is 5.73. The third-order valence-corrected chi connectivity index (χ3v) is 12.5. The number of piperidine rings is 1. The Labute approximate surface area is 339 Å². The normalized spacial score (nSPS) is 17.6. The molecule has 13 nitrogen and oxygen atoms in total. The molecular weight excluding hydrogens is 731 g/mol. The molecule has 2 aromatic carbocycles. The fraction of sp³-hybridized carbons (Fsp3) is 0.489. The van der Waals surface area contributed by atoms with Gasteiger partial charge in [-0.25, -0.2) is 0 Å². The standard InChI is InChI=1S/C45H53N9O4/c1-7-53-35-25-44(3,4)21-17-33(35)37(48-53)41-46-39(50-57-41)29-11-9-28(10-12-29)27-56-43(55)31-19-23-52(24-20-31)32-15-13-30(14-16-32)40-47-42(58-51-40)38-34-18-22-45(5,6)26-36(34)54(8-2)49-38/h9-16,31H,7-8,17-27H2,1-6H3. The first-order valence-electron chi connectivity index (χ1n) is 20.9. The fourth-order valence-electron chi connectivity index (χ4n) is 8.96. The molecule has 4 aromatic heterocycles. The molecule has 58 heavy (non-hydrogen) atoms. The molecule has 0 N–H and O–H groups in total. The van der Waals surface area contributed by atoms with Gasteiger partial charge in [0.15, 0.2) is 11.4 Å². The Morgan fingerprint density at radius 1 is 0.724 bits per heavy atom. The number of benzene rings is 2. The smallest absolute Gasteiger partial charge is 0.309 e. The largest absolute Gasteiger partial charge is 0.461 e. The minimum absolute atomic E-state index is 0.133. The number of esters is 1. The van der Waals surface area contributed by atoms with Crippen molar-refractivity contribution in [2.45, 2.75) is 113 Å². The van der Waals surface area contributed by atoms with E-state index < -0.39 is 0 Å². The molecule has 6 aromatic rings. The Balaban J connectivity index is 0.769. The van der Waals surface area contributed by atoms with Crippen LogP contribution in [0.2, 0.25) is 0 Å². The van der Waals surface area contributed by atoms with E-state index in [1.807, 2.05) is 36.4 Å². The van der Waals surface area contributed by atoms with Crippen molar-refractivity contribution in [3.63, 3.8) is 0 Å². The van der Waals surface area contributed by atoms with Gasteiger partial charge < -0.3 is 18.7 Å². The average molecular weight is 784 g/mol. The number of carbonyl (C=O) groups is 1. The van der Waals surface area contributed by atoms with Crippen molar-refractivity contribution in [2.75, 3.05) is 18.0 Å². The Hall–Kier alpha value is -5.59. The minimum atomic E-state index is -0.151. The van der Waals surface area contributed by atoms with E-state index in [1.165, 1.54) is 22.5 Å². The molecule has 9 rings (SSSR count). The summed E-state index contributed by atoms with van der Waals surface area (Å²) in [5, 5.41) is 18.3. The number of aryl methyl sites for hydroxylation is 2. The molecule has 0 amide bonds. The highest BCUT2D eigenvalue weighted by atomic mass is 16.5. The monoisotopic (exact) mass is 783 g/mol. The lowest BCUT2D eigenvalue weighted by Gasteiger charge is -2.32. The SMILES string of the molecule is CCn1nc(-c2nc(-c3ccc(COC(=O)C4CCN(c5ccc(-c6noc(-c7nn(CC)c8c7CCC(C)(C)C8)n6)cc5)CC4)cc3)no2)c2c1CC(C)(C)CC2. The summed E-state index contributed by atoms with van der Waals surface area (Å²) in [5.41, 5.74) is 10.9. The number of nitrogens with zero attached hydrogens (tertiary/aromatic N) is 9. The molecule has 0 bridgehead atoms. The zero-order valence-corrected chi connectivity index (χ0v) is 34.5. The van der Waals surface area contributed by atoms with Crippen molar-refractivity contribution in [1.29, 1.82) is 0 Å². The Bertz CT molecular complexity index is 2430. The lowest BCUT2D eigenvalue weighted by molar-refractivity contribution is -0.150. The van der Waals surface area contributed by atoms with Gasteiger partial charge in [0.2, 0.25) is 11.6 Å². The molecule has 2 aliphatic carbocycles. The predicted octanol–water partition coefficient (Wildman–Crippen LogP) is 8.54. The molecule has 0 spiro atoms. The molecule has 0 radical (unpaired) electrons. The number of aromatic nitrogens is 8. The highest BCUT2D eigenvalue weighted by Gasteiger charge is 2.34. The number of hydrogen-bond acceptors (Lipinski definition) is 11. The van der Waals surface area contributed by atoms with Gasteiger partial charge in [-0.3, -0.25) is 14.2 Å². The van der Waals surface area contributed by atoms with Gasteiger partial charge in [0.05, 0.1) is 5.92 Å². The third-order valence-electron chi connectivity index (χ3n) is 12.5. The van der Waals surface area contributed by atoms with Crippen molar-refractivity contribution in [2.24, 2.45) is 16.7 Å². The van der Waals surface area contributed by atoms with Crippen LogP contribution in [0.15, 0.2) is 57.6 Å². The van der Waals surface area contributed by atoms with Gasteiger partial charge in [0.25, 0.3) is 11.8 Å². The van der Waals surface area contributed by atoms with E-state index in [9.17, 15) is 4.79 Å². The third kappa shape index (κ3) is 7.35. The van der Waals surface area contributed by atoms with E-state index in [0.717, 1.165) is 111 Å². The van der Waals surface area contributed by atoms with Crippen molar-refractivity contribution in [1.82, 2.24) is 39.8 Å². The molecule has 1 fully saturated rings. The van der Waals surface area contributed by atoms with Crippen LogP contribution < -0.4 is 4.90 Å². The van der Waals surface area contributed by atoms with Gasteiger partial charge in [-0.15, -0.1) is 0 Å². The van der Waals surface area contributed by atoms with Crippen molar-refractivity contribution < 1.29 is 18.6 Å².